The van der Waals surface area contributed by atoms with Crippen molar-refractivity contribution in [2.75, 3.05) is 0 Å². The van der Waals surface area contributed by atoms with E-state index in [1.54, 1.807) is 35.8 Å². The van der Waals surface area contributed by atoms with Gasteiger partial charge in [0.1, 0.15) is 5.58 Å². The van der Waals surface area contributed by atoms with Crippen LogP contribution in [0.4, 0.5) is 0 Å². The number of nitrogens with one attached hydrogen (secondary N) is 2. The molecule has 0 aliphatic carbocycles. The van der Waals surface area contributed by atoms with Gasteiger partial charge in [-0.15, -0.1) is 0 Å². The lowest BCUT2D eigenvalue weighted by Crippen LogP contribution is -2.41. The highest BCUT2D eigenvalue weighted by Crippen LogP contribution is 2.12. The number of nitrogens with zero attached hydrogens (tertiary/aromatic N) is 1. The maximum Gasteiger partial charge on any atom is 0.345 e. The van der Waals surface area contributed by atoms with Crippen LogP contribution in [0.25, 0.3) is 11.0 Å². The van der Waals surface area contributed by atoms with E-state index in [1.807, 2.05) is 5.43 Å². The van der Waals surface area contributed by atoms with Gasteiger partial charge in [-0.2, -0.15) is 5.10 Å². The first kappa shape index (κ1) is 14.4. The summed E-state index contributed by atoms with van der Waals surface area (Å²) < 4.78 is 5.14. The Labute approximate surface area is 118 Å². The smallest absolute Gasteiger partial charge is 0.345 e. The van der Waals surface area contributed by atoms with Crippen LogP contribution in [0.2, 0.25) is 0 Å². The Morgan fingerprint density at radius 2 is 1.95 bits per heavy atom. The lowest BCUT2D eigenvalue weighted by atomic mass is 10.1. The highest BCUT2D eigenvalue weighted by molar-refractivity contribution is 6.34. The molecule has 0 bridgehead atoms. The molecular formula is C13H12N4O4. The average Bonchev–Trinajstić information content (AvgIpc) is 2.50. The van der Waals surface area contributed by atoms with Crippen molar-refractivity contribution in [3.8, 4) is 0 Å². The molecule has 0 spiro atoms. The summed E-state index contributed by atoms with van der Waals surface area (Å²) in [5, 5.41) is 4.39. The highest BCUT2D eigenvalue weighted by atomic mass is 16.4. The molecular weight excluding hydrogens is 276 g/mol. The number of fused-ring (bicyclic) bond motifs is 1. The Hall–Kier alpha value is -3.00. The summed E-state index contributed by atoms with van der Waals surface area (Å²) in [5.41, 5.74) is 3.89. The van der Waals surface area contributed by atoms with Gasteiger partial charge in [-0.3, -0.25) is 15.0 Å². The summed E-state index contributed by atoms with van der Waals surface area (Å²) in [6.45, 7) is 1.50. The number of hydrazine groups is 1. The van der Waals surface area contributed by atoms with Crippen molar-refractivity contribution in [3.63, 3.8) is 0 Å². The van der Waals surface area contributed by atoms with Gasteiger partial charge in [0.25, 0.3) is 0 Å². The number of hydrazone groups is 1. The molecule has 0 saturated heterocycles. The van der Waals surface area contributed by atoms with Gasteiger partial charge in [0.15, 0.2) is 0 Å². The molecule has 1 heterocycles. The normalized spacial score (nSPS) is 11.2. The van der Waals surface area contributed by atoms with Crippen molar-refractivity contribution in [2.45, 2.75) is 6.92 Å². The maximum atomic E-state index is 11.8. The molecule has 1 aromatic carbocycles. The van der Waals surface area contributed by atoms with E-state index in [0.29, 0.717) is 11.0 Å². The third-order valence-electron chi connectivity index (χ3n) is 2.69. The number of benzene rings is 1. The second kappa shape index (κ2) is 5.97. The van der Waals surface area contributed by atoms with E-state index in [-0.39, 0.29) is 11.3 Å². The van der Waals surface area contributed by atoms with Gasteiger partial charge >= 0.3 is 17.4 Å². The van der Waals surface area contributed by atoms with E-state index < -0.39 is 17.4 Å². The van der Waals surface area contributed by atoms with Gasteiger partial charge in [-0.1, -0.05) is 18.2 Å². The van der Waals surface area contributed by atoms with Crippen LogP contribution in [0.5, 0.6) is 0 Å². The molecule has 0 atom stereocenters. The van der Waals surface area contributed by atoms with Crippen molar-refractivity contribution < 1.29 is 14.0 Å². The first-order valence-electron chi connectivity index (χ1n) is 5.91. The fourth-order valence-corrected chi connectivity index (χ4v) is 1.63. The van der Waals surface area contributed by atoms with Gasteiger partial charge in [-0.25, -0.2) is 16.1 Å². The minimum absolute atomic E-state index is 0.183. The summed E-state index contributed by atoms with van der Waals surface area (Å²) in [6, 6.07) is 8.58. The largest absolute Gasteiger partial charge is 0.422 e. The van der Waals surface area contributed by atoms with Crippen LogP contribution in [0, 0.1) is 0 Å². The van der Waals surface area contributed by atoms with Crippen molar-refractivity contribution in [1.29, 1.82) is 0 Å². The topological polar surface area (TPSA) is 127 Å². The zero-order chi connectivity index (χ0) is 15.4. The molecule has 0 unspecified atom stereocenters. The standard InChI is InChI=1S/C13H12N4O4/c1-7(16-17-12(19)11(18)15-14)9-6-8-4-2-3-5-10(8)21-13(9)20/h2-6H,14H2,1H3,(H,15,18)(H,17,19)/b16-7+. The lowest BCUT2D eigenvalue weighted by molar-refractivity contribution is -0.139. The van der Waals surface area contributed by atoms with Crippen LogP contribution in [0.15, 0.2) is 44.6 Å². The average molecular weight is 288 g/mol. The molecule has 2 aromatic rings. The number of amides is 2. The summed E-state index contributed by atoms with van der Waals surface area (Å²) in [5.74, 6) is 2.72. The number of para-hydroxylation sites is 1. The van der Waals surface area contributed by atoms with E-state index in [0.717, 1.165) is 0 Å². The van der Waals surface area contributed by atoms with Crippen molar-refractivity contribution in [1.82, 2.24) is 10.9 Å². The van der Waals surface area contributed by atoms with E-state index in [4.69, 9.17) is 10.3 Å². The molecule has 0 fully saturated rings. The molecule has 2 rings (SSSR count). The highest BCUT2D eigenvalue weighted by Gasteiger charge is 2.12. The van der Waals surface area contributed by atoms with Crippen molar-refractivity contribution in [3.05, 3.63) is 46.3 Å². The molecule has 2 amide bonds. The number of carbonyl (C=O) groups excluding carboxylic acids is 2. The van der Waals surface area contributed by atoms with Crippen LogP contribution in [-0.4, -0.2) is 17.5 Å². The van der Waals surface area contributed by atoms with Gasteiger partial charge in [0, 0.05) is 5.39 Å². The van der Waals surface area contributed by atoms with E-state index in [1.165, 1.54) is 6.92 Å². The zero-order valence-electron chi connectivity index (χ0n) is 11.0. The predicted molar refractivity (Wildman–Crippen MR) is 75.2 cm³/mol. The molecule has 108 valence electrons. The molecule has 0 saturated carbocycles. The first-order valence-corrected chi connectivity index (χ1v) is 5.91. The van der Waals surface area contributed by atoms with Crippen LogP contribution >= 0.6 is 0 Å². The van der Waals surface area contributed by atoms with Crippen molar-refractivity contribution in [2.24, 2.45) is 10.9 Å². The fraction of sp³-hybridized carbons (Fsp3) is 0.0769. The summed E-state index contributed by atoms with van der Waals surface area (Å²) in [4.78, 5) is 34.0. The van der Waals surface area contributed by atoms with E-state index >= 15 is 0 Å². The van der Waals surface area contributed by atoms with Gasteiger partial charge < -0.3 is 4.42 Å². The third kappa shape index (κ3) is 3.12. The van der Waals surface area contributed by atoms with Gasteiger partial charge in [0.2, 0.25) is 0 Å². The Bertz CT molecular complexity index is 794. The second-order valence-corrected chi connectivity index (χ2v) is 4.10. The third-order valence-corrected chi connectivity index (χ3v) is 2.69. The SMILES string of the molecule is C/C(=N\NC(=O)C(=O)NN)c1cc2ccccc2oc1=O. The summed E-state index contributed by atoms with van der Waals surface area (Å²) >= 11 is 0. The first-order chi connectivity index (χ1) is 10.0. The summed E-state index contributed by atoms with van der Waals surface area (Å²) in [7, 11) is 0. The number of carbonyl (C=O) groups is 2. The molecule has 0 radical (unpaired) electrons. The number of hydrogen-bond donors (Lipinski definition) is 3. The monoisotopic (exact) mass is 288 g/mol. The predicted octanol–water partition coefficient (Wildman–Crippen LogP) is -0.377. The molecule has 0 aliphatic heterocycles. The maximum absolute atomic E-state index is 11.8. The molecule has 0 aliphatic rings. The Morgan fingerprint density at radius 1 is 1.24 bits per heavy atom. The minimum Gasteiger partial charge on any atom is -0.422 e. The van der Waals surface area contributed by atoms with Crippen molar-refractivity contribution >= 4 is 28.5 Å². The van der Waals surface area contributed by atoms with Crippen LogP contribution < -0.4 is 22.3 Å². The number of rotatable bonds is 2. The van der Waals surface area contributed by atoms with Gasteiger partial charge in [0.05, 0.1) is 11.3 Å². The van der Waals surface area contributed by atoms with Crippen LogP contribution in [-0.2, 0) is 9.59 Å². The lowest BCUT2D eigenvalue weighted by Gasteiger charge is -2.02. The fourth-order valence-electron chi connectivity index (χ4n) is 1.63. The number of hydrogen-bond acceptors (Lipinski definition) is 6. The second-order valence-electron chi connectivity index (χ2n) is 4.10. The molecule has 21 heavy (non-hydrogen) atoms. The minimum atomic E-state index is -1.04. The molecule has 8 heteroatoms. The summed E-state index contributed by atoms with van der Waals surface area (Å²) in [6.07, 6.45) is 0. The molecule has 1 aromatic heterocycles. The van der Waals surface area contributed by atoms with E-state index in [9.17, 15) is 14.4 Å². The molecule has 8 nitrogen and oxygen atoms in total. The zero-order valence-corrected chi connectivity index (χ0v) is 11.0. The Balaban J connectivity index is 2.32. The molecule has 4 N–H and O–H groups in total. The van der Waals surface area contributed by atoms with Crippen LogP contribution in [0.3, 0.4) is 0 Å². The quantitative estimate of drug-likeness (QED) is 0.173. The van der Waals surface area contributed by atoms with E-state index in [2.05, 4.69) is 5.10 Å². The Morgan fingerprint density at radius 3 is 2.67 bits per heavy atom. The Kier molecular flexibility index (Phi) is 4.10. The number of nitrogens with two attached hydrogens (primary N) is 1. The van der Waals surface area contributed by atoms with Crippen LogP contribution in [0.1, 0.15) is 12.5 Å². The van der Waals surface area contributed by atoms with Gasteiger partial charge in [-0.05, 0) is 19.1 Å².